The maximum Gasteiger partial charge on any atom is 0.491 e. The predicted molar refractivity (Wildman–Crippen MR) is 89.4 cm³/mol. The number of aliphatic hydroxyl groups is 1. The molecule has 130 valence electrons. The summed E-state index contributed by atoms with van der Waals surface area (Å²) in [5.74, 6) is 1.05. The van der Waals surface area contributed by atoms with Crippen molar-refractivity contribution in [1.82, 2.24) is 0 Å². The fourth-order valence-corrected chi connectivity index (χ4v) is 1.68. The summed E-state index contributed by atoms with van der Waals surface area (Å²) in [7, 11) is 1.93. The van der Waals surface area contributed by atoms with Crippen LogP contribution in [0.2, 0.25) is 0 Å². The van der Waals surface area contributed by atoms with Crippen LogP contribution < -0.4 is 14.9 Å². The smallest absolute Gasteiger partial charge is 0.491 e. The minimum Gasteiger partial charge on any atom is -0.493 e. The molecule has 1 rings (SSSR count). The van der Waals surface area contributed by atoms with Crippen molar-refractivity contribution in [1.29, 1.82) is 0 Å². The van der Waals surface area contributed by atoms with Crippen LogP contribution in [0, 0.1) is 0 Å². The van der Waals surface area contributed by atoms with Gasteiger partial charge in [-0.25, -0.2) is 0 Å². The first-order chi connectivity index (χ1) is 10.6. The molecule has 0 aliphatic carbocycles. The van der Waals surface area contributed by atoms with Crippen molar-refractivity contribution in [2.75, 3.05) is 27.4 Å². The molecule has 0 fully saturated rings. The topological polar surface area (TPSA) is 77.4 Å². The molecule has 0 aliphatic rings. The van der Waals surface area contributed by atoms with Crippen LogP contribution in [-0.4, -0.2) is 55.9 Å². The van der Waals surface area contributed by atoms with Crippen molar-refractivity contribution in [3.8, 4) is 11.5 Å². The van der Waals surface area contributed by atoms with E-state index in [0.717, 1.165) is 0 Å². The van der Waals surface area contributed by atoms with Gasteiger partial charge >= 0.3 is 7.12 Å². The Hall–Kier alpha value is -1.28. The van der Waals surface area contributed by atoms with E-state index in [2.05, 4.69) is 0 Å². The van der Waals surface area contributed by atoms with Crippen molar-refractivity contribution in [3.05, 3.63) is 18.2 Å². The number of hydrogen-bond acceptors (Lipinski definition) is 6. The van der Waals surface area contributed by atoms with Gasteiger partial charge < -0.3 is 29.0 Å². The van der Waals surface area contributed by atoms with Crippen LogP contribution in [0.15, 0.2) is 18.2 Å². The van der Waals surface area contributed by atoms with Gasteiger partial charge in [-0.3, -0.25) is 0 Å². The van der Waals surface area contributed by atoms with Gasteiger partial charge in [-0.2, -0.15) is 0 Å². The van der Waals surface area contributed by atoms with Crippen LogP contribution >= 0.6 is 0 Å². The van der Waals surface area contributed by atoms with Gasteiger partial charge in [0.25, 0.3) is 0 Å². The van der Waals surface area contributed by atoms with Crippen LogP contribution in [0.25, 0.3) is 0 Å². The summed E-state index contributed by atoms with van der Waals surface area (Å²) in [6.07, 6.45) is 0. The molecule has 0 saturated heterocycles. The van der Waals surface area contributed by atoms with E-state index in [4.69, 9.17) is 18.9 Å². The molecular formula is C16H27BO6. The lowest BCUT2D eigenvalue weighted by Gasteiger charge is -2.38. The normalized spacial score (nSPS) is 12.2. The van der Waals surface area contributed by atoms with Crippen molar-refractivity contribution >= 4 is 12.6 Å². The zero-order valence-electron chi connectivity index (χ0n) is 14.8. The Morgan fingerprint density at radius 2 is 1.70 bits per heavy atom. The molecule has 0 bridgehead atoms. The van der Waals surface area contributed by atoms with Gasteiger partial charge in [0.1, 0.15) is 6.61 Å². The molecule has 2 N–H and O–H groups in total. The second-order valence-corrected chi connectivity index (χ2v) is 6.29. The minimum atomic E-state index is -1.20. The van der Waals surface area contributed by atoms with Crippen molar-refractivity contribution < 1.29 is 29.0 Å². The average molecular weight is 326 g/mol. The summed E-state index contributed by atoms with van der Waals surface area (Å²) in [4.78, 5) is 0. The highest BCUT2D eigenvalue weighted by Gasteiger charge is 2.39. The molecule has 23 heavy (non-hydrogen) atoms. The summed E-state index contributed by atoms with van der Waals surface area (Å²) >= 11 is 0. The fraction of sp³-hybridized carbons (Fsp3) is 0.625. The van der Waals surface area contributed by atoms with E-state index in [0.29, 0.717) is 30.2 Å². The van der Waals surface area contributed by atoms with Gasteiger partial charge in [-0.05, 0) is 45.3 Å². The summed E-state index contributed by atoms with van der Waals surface area (Å²) in [5.41, 5.74) is -1.53. The second-order valence-electron chi connectivity index (χ2n) is 6.29. The monoisotopic (exact) mass is 326 g/mol. The summed E-state index contributed by atoms with van der Waals surface area (Å²) in [6, 6.07) is 5.04. The molecule has 0 unspecified atom stereocenters. The minimum absolute atomic E-state index is 0.400. The molecule has 0 aliphatic heterocycles. The Labute approximate surface area is 138 Å². The molecule has 0 amide bonds. The van der Waals surface area contributed by atoms with Crippen LogP contribution in [0.5, 0.6) is 11.5 Å². The first-order valence-electron chi connectivity index (χ1n) is 7.50. The molecule has 1 aromatic carbocycles. The Bertz CT molecular complexity index is 498. The lowest BCUT2D eigenvalue weighted by atomic mass is 9.76. The lowest BCUT2D eigenvalue weighted by Crippen LogP contribution is -2.53. The fourth-order valence-electron chi connectivity index (χ4n) is 1.68. The number of hydrogen-bond donors (Lipinski definition) is 2. The summed E-state index contributed by atoms with van der Waals surface area (Å²) < 4.78 is 21.4. The van der Waals surface area contributed by atoms with Gasteiger partial charge in [0.2, 0.25) is 0 Å². The van der Waals surface area contributed by atoms with Crippen LogP contribution in [0.1, 0.15) is 27.7 Å². The summed E-state index contributed by atoms with van der Waals surface area (Å²) in [6.45, 7) is 7.57. The van der Waals surface area contributed by atoms with E-state index in [-0.39, 0.29) is 0 Å². The molecule has 0 aromatic heterocycles. The number of methoxy groups -OCH3 is 2. The number of benzene rings is 1. The van der Waals surface area contributed by atoms with E-state index in [1.165, 1.54) is 7.11 Å². The highest BCUT2D eigenvalue weighted by atomic mass is 16.6. The van der Waals surface area contributed by atoms with Gasteiger partial charge in [0.05, 0.1) is 24.9 Å². The Kier molecular flexibility index (Phi) is 6.89. The molecular weight excluding hydrogens is 299 g/mol. The highest BCUT2D eigenvalue weighted by molar-refractivity contribution is 6.60. The van der Waals surface area contributed by atoms with Crippen molar-refractivity contribution in [2.24, 2.45) is 0 Å². The van der Waals surface area contributed by atoms with Gasteiger partial charge in [0.15, 0.2) is 11.5 Å². The quantitative estimate of drug-likeness (QED) is 0.520. The highest BCUT2D eigenvalue weighted by Crippen LogP contribution is 2.27. The molecule has 1 aromatic rings. The third-order valence-electron chi connectivity index (χ3n) is 3.90. The summed E-state index contributed by atoms with van der Waals surface area (Å²) in [5, 5.41) is 20.4. The zero-order chi connectivity index (χ0) is 17.7. The molecule has 0 heterocycles. The van der Waals surface area contributed by atoms with Gasteiger partial charge in [0, 0.05) is 7.11 Å². The third-order valence-corrected chi connectivity index (χ3v) is 3.90. The molecule has 0 radical (unpaired) electrons. The standard InChI is InChI=1S/C16H27BO6/c1-15(2,18)16(3,4)23-17(19)12-7-8-13(14(11-12)21-6)22-10-9-20-5/h7-8,11,18-19H,9-10H2,1-6H3. The lowest BCUT2D eigenvalue weighted by molar-refractivity contribution is -0.0982. The second kappa shape index (κ2) is 8.01. The molecule has 0 spiro atoms. The van der Waals surface area contributed by atoms with Crippen LogP contribution in [0.3, 0.4) is 0 Å². The SMILES string of the molecule is COCCOc1ccc(B(O)OC(C)(C)C(C)(C)O)cc1OC. The molecule has 7 heteroatoms. The van der Waals surface area contributed by atoms with Crippen molar-refractivity contribution in [2.45, 2.75) is 38.9 Å². The van der Waals surface area contributed by atoms with E-state index < -0.39 is 18.3 Å². The molecule has 0 atom stereocenters. The van der Waals surface area contributed by atoms with Crippen LogP contribution in [-0.2, 0) is 9.39 Å². The van der Waals surface area contributed by atoms with E-state index >= 15 is 0 Å². The first kappa shape index (κ1) is 19.8. The largest absolute Gasteiger partial charge is 0.493 e. The molecule has 6 nitrogen and oxygen atoms in total. The van der Waals surface area contributed by atoms with Crippen molar-refractivity contribution in [3.63, 3.8) is 0 Å². The predicted octanol–water partition coefficient (Wildman–Crippen LogP) is 0.974. The van der Waals surface area contributed by atoms with Gasteiger partial charge in [-0.15, -0.1) is 0 Å². The van der Waals surface area contributed by atoms with E-state index in [1.807, 2.05) is 0 Å². The number of rotatable bonds is 9. The Morgan fingerprint density at radius 3 is 2.22 bits per heavy atom. The molecule has 0 saturated carbocycles. The van der Waals surface area contributed by atoms with E-state index in [9.17, 15) is 10.1 Å². The Balaban J connectivity index is 2.88. The van der Waals surface area contributed by atoms with Crippen LogP contribution in [0.4, 0.5) is 0 Å². The maximum atomic E-state index is 10.3. The Morgan fingerprint density at radius 1 is 1.04 bits per heavy atom. The number of ether oxygens (including phenoxy) is 3. The third kappa shape index (κ3) is 5.39. The first-order valence-corrected chi connectivity index (χ1v) is 7.50. The average Bonchev–Trinajstić information content (AvgIpc) is 2.46. The van der Waals surface area contributed by atoms with Gasteiger partial charge in [-0.1, -0.05) is 6.07 Å². The zero-order valence-corrected chi connectivity index (χ0v) is 14.8. The van der Waals surface area contributed by atoms with E-state index in [1.54, 1.807) is 53.0 Å². The maximum absolute atomic E-state index is 10.3.